The first kappa shape index (κ1) is 20.7. The highest BCUT2D eigenvalue weighted by atomic mass is 16.7. The first-order chi connectivity index (χ1) is 14.7. The molecule has 2 saturated heterocycles. The number of imide groups is 1. The first-order valence-electron chi connectivity index (χ1n) is 11.2. The van der Waals surface area contributed by atoms with Gasteiger partial charge in [0, 0.05) is 29.6 Å². The number of rotatable bonds is 4. The topological polar surface area (TPSA) is 59.1 Å². The van der Waals surface area contributed by atoms with Crippen LogP contribution < -0.4 is 5.46 Å². The molecular weight excluding hydrogens is 391 g/mol. The van der Waals surface area contributed by atoms with Crippen LogP contribution in [-0.2, 0) is 9.31 Å². The summed E-state index contributed by atoms with van der Waals surface area (Å²) in [6, 6.07) is 9.38. The summed E-state index contributed by atoms with van der Waals surface area (Å²) in [5, 5.41) is 1.55. The van der Waals surface area contributed by atoms with E-state index >= 15 is 0 Å². The van der Waals surface area contributed by atoms with Gasteiger partial charge in [0.15, 0.2) is 0 Å². The van der Waals surface area contributed by atoms with Crippen LogP contribution in [0.15, 0.2) is 30.3 Å². The molecule has 162 valence electrons. The second kappa shape index (κ2) is 7.15. The van der Waals surface area contributed by atoms with Gasteiger partial charge in [0.1, 0.15) is 0 Å². The molecule has 0 aliphatic carbocycles. The molecule has 2 fully saturated rings. The van der Waals surface area contributed by atoms with Crippen LogP contribution in [0.4, 0.5) is 0 Å². The second-order valence-electron chi connectivity index (χ2n) is 9.83. The Kier molecular flexibility index (Phi) is 4.77. The molecule has 2 amide bonds. The van der Waals surface area contributed by atoms with E-state index in [4.69, 9.17) is 9.31 Å². The summed E-state index contributed by atoms with van der Waals surface area (Å²) in [6.07, 6.45) is 2.37. The van der Waals surface area contributed by atoms with Gasteiger partial charge in [-0.3, -0.25) is 14.5 Å². The minimum atomic E-state index is -0.548. The molecule has 0 N–H and O–H groups in total. The van der Waals surface area contributed by atoms with Crippen LogP contribution >= 0.6 is 0 Å². The molecule has 2 aromatic rings. The van der Waals surface area contributed by atoms with Crippen molar-refractivity contribution in [2.75, 3.05) is 26.2 Å². The van der Waals surface area contributed by atoms with Gasteiger partial charge in [-0.1, -0.05) is 18.2 Å². The van der Waals surface area contributed by atoms with Crippen molar-refractivity contribution in [2.45, 2.75) is 51.7 Å². The lowest BCUT2D eigenvalue weighted by atomic mass is 9.74. The Morgan fingerprint density at radius 3 is 2.13 bits per heavy atom. The number of benzene rings is 2. The summed E-state index contributed by atoms with van der Waals surface area (Å²) >= 11 is 0. The summed E-state index contributed by atoms with van der Waals surface area (Å²) < 4.78 is 12.5. The molecule has 3 aliphatic heterocycles. The summed E-state index contributed by atoms with van der Waals surface area (Å²) in [5.41, 5.74) is 1.08. The van der Waals surface area contributed by atoms with Crippen LogP contribution in [0, 0.1) is 0 Å². The van der Waals surface area contributed by atoms with Crippen LogP contribution in [0.25, 0.3) is 10.8 Å². The van der Waals surface area contributed by atoms with E-state index in [0.717, 1.165) is 30.5 Å². The zero-order valence-corrected chi connectivity index (χ0v) is 18.7. The largest absolute Gasteiger partial charge is 0.495 e. The molecule has 0 bridgehead atoms. The van der Waals surface area contributed by atoms with Gasteiger partial charge >= 0.3 is 7.12 Å². The number of likely N-dealkylation sites (tertiary alicyclic amines) is 1. The third-order valence-electron chi connectivity index (χ3n) is 7.37. The van der Waals surface area contributed by atoms with Gasteiger partial charge in [0.2, 0.25) is 0 Å². The Morgan fingerprint density at radius 1 is 0.871 bits per heavy atom. The Labute approximate surface area is 183 Å². The molecule has 2 aromatic carbocycles. The van der Waals surface area contributed by atoms with Gasteiger partial charge in [-0.15, -0.1) is 0 Å². The summed E-state index contributed by atoms with van der Waals surface area (Å²) in [4.78, 5) is 30.3. The highest BCUT2D eigenvalue weighted by molar-refractivity contribution is 6.65. The quantitative estimate of drug-likeness (QED) is 0.563. The van der Waals surface area contributed by atoms with Crippen molar-refractivity contribution < 1.29 is 18.9 Å². The number of carbonyl (C=O) groups is 2. The molecule has 3 aliphatic rings. The Balaban J connectivity index is 1.52. The van der Waals surface area contributed by atoms with Gasteiger partial charge in [0.25, 0.3) is 11.8 Å². The molecule has 0 atom stereocenters. The predicted octanol–water partition coefficient (Wildman–Crippen LogP) is 2.83. The van der Waals surface area contributed by atoms with E-state index < -0.39 is 18.3 Å². The first-order valence-corrected chi connectivity index (χ1v) is 11.2. The van der Waals surface area contributed by atoms with Crippen LogP contribution in [0.5, 0.6) is 0 Å². The monoisotopic (exact) mass is 420 g/mol. The van der Waals surface area contributed by atoms with E-state index in [2.05, 4.69) is 4.90 Å². The zero-order chi connectivity index (χ0) is 22.0. The van der Waals surface area contributed by atoms with Gasteiger partial charge in [-0.05, 0) is 76.6 Å². The highest BCUT2D eigenvalue weighted by Gasteiger charge is 2.52. The van der Waals surface area contributed by atoms with Gasteiger partial charge < -0.3 is 14.2 Å². The Hall–Kier alpha value is -2.22. The van der Waals surface area contributed by atoms with E-state index in [0.29, 0.717) is 23.1 Å². The van der Waals surface area contributed by atoms with Crippen molar-refractivity contribution in [3.63, 3.8) is 0 Å². The number of amides is 2. The van der Waals surface area contributed by atoms with Crippen molar-refractivity contribution in [1.29, 1.82) is 0 Å². The van der Waals surface area contributed by atoms with E-state index in [1.807, 2.05) is 58.0 Å². The van der Waals surface area contributed by atoms with E-state index in [1.54, 1.807) is 0 Å². The second-order valence-corrected chi connectivity index (χ2v) is 9.83. The number of hydrogen-bond acceptors (Lipinski definition) is 5. The standard InChI is InChI=1S/C24H29BN2O4/c1-23(2)24(3,4)31-25(30-23)19-11-10-18-20-16(19)8-7-9-17(20)21(28)27(22(18)29)15-14-26-12-5-6-13-26/h7-11H,5-6,12-15H2,1-4H3. The van der Waals surface area contributed by atoms with Gasteiger partial charge in [0.05, 0.1) is 11.2 Å². The maximum atomic E-state index is 13.3. The summed E-state index contributed by atoms with van der Waals surface area (Å²) in [5.74, 6) is -0.429. The molecule has 0 saturated carbocycles. The maximum Gasteiger partial charge on any atom is 0.495 e. The summed E-state index contributed by atoms with van der Waals surface area (Å²) in [6.45, 7) is 11.3. The third-order valence-corrected chi connectivity index (χ3v) is 7.37. The lowest BCUT2D eigenvalue weighted by Crippen LogP contribution is -2.45. The van der Waals surface area contributed by atoms with E-state index in [9.17, 15) is 9.59 Å². The fourth-order valence-electron chi connectivity index (χ4n) is 4.80. The molecule has 7 heteroatoms. The molecule has 31 heavy (non-hydrogen) atoms. The predicted molar refractivity (Wildman–Crippen MR) is 121 cm³/mol. The molecule has 6 nitrogen and oxygen atoms in total. The molecular formula is C24H29BN2O4. The fraction of sp³-hybridized carbons (Fsp3) is 0.500. The molecule has 0 aromatic heterocycles. The van der Waals surface area contributed by atoms with Crippen molar-refractivity contribution in [3.8, 4) is 0 Å². The molecule has 0 spiro atoms. The molecule has 3 heterocycles. The smallest absolute Gasteiger partial charge is 0.399 e. The SMILES string of the molecule is CC1(C)OB(c2ccc3c4c(cccc24)C(=O)N(CCN2CCCC2)C3=O)OC1(C)C. The number of hydrogen-bond donors (Lipinski definition) is 0. The van der Waals surface area contributed by atoms with E-state index in [-0.39, 0.29) is 11.8 Å². The van der Waals surface area contributed by atoms with Crippen molar-refractivity contribution in [1.82, 2.24) is 9.80 Å². The average molecular weight is 420 g/mol. The fourth-order valence-corrected chi connectivity index (χ4v) is 4.80. The third kappa shape index (κ3) is 3.22. The van der Waals surface area contributed by atoms with Crippen molar-refractivity contribution >= 4 is 35.2 Å². The van der Waals surface area contributed by atoms with Crippen molar-refractivity contribution in [2.24, 2.45) is 0 Å². The highest BCUT2D eigenvalue weighted by Crippen LogP contribution is 2.38. The minimum Gasteiger partial charge on any atom is -0.399 e. The Bertz CT molecular complexity index is 1040. The summed E-state index contributed by atoms with van der Waals surface area (Å²) in [7, 11) is -0.548. The minimum absolute atomic E-state index is 0.214. The number of carbonyl (C=O) groups excluding carboxylic acids is 2. The van der Waals surface area contributed by atoms with Crippen molar-refractivity contribution in [3.05, 3.63) is 41.5 Å². The van der Waals surface area contributed by atoms with E-state index in [1.165, 1.54) is 17.7 Å². The lowest BCUT2D eigenvalue weighted by molar-refractivity contribution is 0.00578. The van der Waals surface area contributed by atoms with Crippen LogP contribution in [0.2, 0.25) is 0 Å². The zero-order valence-electron chi connectivity index (χ0n) is 18.7. The molecule has 0 radical (unpaired) electrons. The van der Waals surface area contributed by atoms with Crippen LogP contribution in [0.1, 0.15) is 61.3 Å². The Morgan fingerprint density at radius 2 is 1.48 bits per heavy atom. The molecule has 0 unspecified atom stereocenters. The molecule has 5 rings (SSSR count). The number of nitrogens with zero attached hydrogens (tertiary/aromatic N) is 2. The lowest BCUT2D eigenvalue weighted by Gasteiger charge is -2.32. The van der Waals surface area contributed by atoms with Gasteiger partial charge in [-0.25, -0.2) is 0 Å². The van der Waals surface area contributed by atoms with Crippen LogP contribution in [0.3, 0.4) is 0 Å². The maximum absolute atomic E-state index is 13.3. The van der Waals surface area contributed by atoms with Gasteiger partial charge in [-0.2, -0.15) is 0 Å². The normalized spacial score (nSPS) is 22.7. The average Bonchev–Trinajstić information content (AvgIpc) is 3.31. The van der Waals surface area contributed by atoms with Crippen LogP contribution in [-0.4, -0.2) is 66.1 Å².